The predicted octanol–water partition coefficient (Wildman–Crippen LogP) is 3.92. The first-order valence-corrected chi connectivity index (χ1v) is 5.21. The van der Waals surface area contributed by atoms with Gasteiger partial charge in [-0.05, 0) is 18.8 Å². The molecule has 1 aliphatic rings. The molecule has 1 saturated carbocycles. The molecule has 0 amide bonds. The first-order valence-electron chi connectivity index (χ1n) is 4.04. The van der Waals surface area contributed by atoms with Crippen LogP contribution in [0.2, 0.25) is 0 Å². The van der Waals surface area contributed by atoms with Crippen LogP contribution in [-0.4, -0.2) is 3.78 Å². The van der Waals surface area contributed by atoms with E-state index in [9.17, 15) is 0 Å². The topological polar surface area (TPSA) is 0 Å². The Morgan fingerprint density at radius 3 is 2.60 bits per heavy atom. The fourth-order valence-electron chi connectivity index (χ4n) is 1.22. The SMILES string of the molecule is CCCCC[C@H]1CC1(Cl)Br. The van der Waals surface area contributed by atoms with E-state index in [1.807, 2.05) is 0 Å². The second-order valence-corrected chi connectivity index (χ2v) is 5.70. The van der Waals surface area contributed by atoms with E-state index in [0.29, 0.717) is 0 Å². The molecule has 60 valence electrons. The average molecular weight is 226 g/mol. The van der Waals surface area contributed by atoms with Crippen molar-refractivity contribution in [3.05, 3.63) is 0 Å². The molecule has 0 bridgehead atoms. The highest BCUT2D eigenvalue weighted by atomic mass is 79.9. The van der Waals surface area contributed by atoms with Crippen molar-refractivity contribution in [3.8, 4) is 0 Å². The molecule has 0 nitrogen and oxygen atoms in total. The summed E-state index contributed by atoms with van der Waals surface area (Å²) in [4.78, 5) is 0. The maximum atomic E-state index is 6.00. The molecule has 0 radical (unpaired) electrons. The van der Waals surface area contributed by atoms with Crippen LogP contribution in [0.25, 0.3) is 0 Å². The summed E-state index contributed by atoms with van der Waals surface area (Å²) in [6, 6.07) is 0. The van der Waals surface area contributed by atoms with Gasteiger partial charge in [-0.25, -0.2) is 0 Å². The van der Waals surface area contributed by atoms with Crippen molar-refractivity contribution >= 4 is 27.5 Å². The molecule has 0 aromatic heterocycles. The lowest BCUT2D eigenvalue weighted by Crippen LogP contribution is -1.88. The normalized spacial score (nSPS) is 38.1. The lowest BCUT2D eigenvalue weighted by atomic mass is 10.1. The van der Waals surface area contributed by atoms with Crippen LogP contribution in [0.5, 0.6) is 0 Å². The first-order chi connectivity index (χ1) is 4.67. The van der Waals surface area contributed by atoms with E-state index < -0.39 is 0 Å². The minimum atomic E-state index is 0.000736. The van der Waals surface area contributed by atoms with Crippen molar-refractivity contribution in [3.63, 3.8) is 0 Å². The molecule has 1 fully saturated rings. The maximum absolute atomic E-state index is 6.00. The van der Waals surface area contributed by atoms with Gasteiger partial charge in [0.2, 0.25) is 0 Å². The summed E-state index contributed by atoms with van der Waals surface area (Å²) in [6.45, 7) is 2.23. The Bertz CT molecular complexity index is 112. The van der Waals surface area contributed by atoms with E-state index in [-0.39, 0.29) is 3.78 Å². The molecule has 1 rings (SSSR count). The van der Waals surface area contributed by atoms with Gasteiger partial charge in [0.1, 0.15) is 3.78 Å². The van der Waals surface area contributed by atoms with E-state index >= 15 is 0 Å². The molecule has 0 aromatic carbocycles. The van der Waals surface area contributed by atoms with Crippen LogP contribution < -0.4 is 0 Å². The molecule has 1 unspecified atom stereocenters. The number of rotatable bonds is 4. The lowest BCUT2D eigenvalue weighted by Gasteiger charge is -1.98. The van der Waals surface area contributed by atoms with Crippen molar-refractivity contribution in [2.75, 3.05) is 0 Å². The number of hydrogen-bond donors (Lipinski definition) is 0. The molecule has 1 aliphatic carbocycles. The zero-order valence-electron chi connectivity index (χ0n) is 6.37. The van der Waals surface area contributed by atoms with Crippen LogP contribution in [0.4, 0.5) is 0 Å². The highest BCUT2D eigenvalue weighted by Gasteiger charge is 2.49. The lowest BCUT2D eigenvalue weighted by molar-refractivity contribution is 0.618. The summed E-state index contributed by atoms with van der Waals surface area (Å²) in [5.74, 6) is 0.751. The standard InChI is InChI=1S/C8H14BrCl/c1-2-3-4-5-7-6-8(7,9)10/h7H,2-6H2,1H3/t7-,8?/m0/s1. The van der Waals surface area contributed by atoms with E-state index in [0.717, 1.165) is 12.3 Å². The van der Waals surface area contributed by atoms with Gasteiger partial charge in [-0.15, -0.1) is 11.6 Å². The molecule has 0 N–H and O–H groups in total. The van der Waals surface area contributed by atoms with Crippen LogP contribution in [0.3, 0.4) is 0 Å². The van der Waals surface area contributed by atoms with E-state index in [1.54, 1.807) is 0 Å². The quantitative estimate of drug-likeness (QED) is 0.503. The number of alkyl halides is 2. The summed E-state index contributed by atoms with van der Waals surface area (Å²) >= 11 is 9.47. The van der Waals surface area contributed by atoms with Crippen molar-refractivity contribution in [1.29, 1.82) is 0 Å². The first kappa shape index (κ1) is 8.86. The van der Waals surface area contributed by atoms with Gasteiger partial charge in [-0.1, -0.05) is 42.1 Å². The Hall–Kier alpha value is 0.770. The Balaban J connectivity index is 1.97. The van der Waals surface area contributed by atoms with Crippen LogP contribution >= 0.6 is 27.5 Å². The summed E-state index contributed by atoms with van der Waals surface area (Å²) in [5.41, 5.74) is 0. The third-order valence-electron chi connectivity index (χ3n) is 2.11. The second kappa shape index (κ2) is 3.44. The zero-order valence-corrected chi connectivity index (χ0v) is 8.71. The van der Waals surface area contributed by atoms with Gasteiger partial charge in [0.05, 0.1) is 0 Å². The molecular formula is C8H14BrCl. The minimum Gasteiger partial charge on any atom is -0.106 e. The Kier molecular flexibility index (Phi) is 3.05. The molecular weight excluding hydrogens is 211 g/mol. The third kappa shape index (κ3) is 2.43. The number of unbranched alkanes of at least 4 members (excludes halogenated alkanes) is 2. The molecule has 10 heavy (non-hydrogen) atoms. The van der Waals surface area contributed by atoms with Crippen molar-refractivity contribution < 1.29 is 0 Å². The Labute approximate surface area is 76.5 Å². The summed E-state index contributed by atoms with van der Waals surface area (Å²) in [5, 5.41) is 0. The average Bonchev–Trinajstić information content (AvgIpc) is 2.41. The van der Waals surface area contributed by atoms with Gasteiger partial charge in [0.15, 0.2) is 0 Å². The van der Waals surface area contributed by atoms with E-state index in [4.69, 9.17) is 11.6 Å². The largest absolute Gasteiger partial charge is 0.106 e. The number of hydrogen-bond acceptors (Lipinski definition) is 0. The van der Waals surface area contributed by atoms with Crippen molar-refractivity contribution in [2.45, 2.75) is 42.8 Å². The number of halogens is 2. The molecule has 0 heterocycles. The molecule has 0 aliphatic heterocycles. The smallest absolute Gasteiger partial charge is 0.102 e. The predicted molar refractivity (Wildman–Crippen MR) is 49.8 cm³/mol. The van der Waals surface area contributed by atoms with Crippen molar-refractivity contribution in [1.82, 2.24) is 0 Å². The van der Waals surface area contributed by atoms with E-state index in [1.165, 1.54) is 25.7 Å². The van der Waals surface area contributed by atoms with Gasteiger partial charge < -0.3 is 0 Å². The maximum Gasteiger partial charge on any atom is 0.102 e. The van der Waals surface area contributed by atoms with Crippen LogP contribution in [-0.2, 0) is 0 Å². The van der Waals surface area contributed by atoms with Gasteiger partial charge in [0.25, 0.3) is 0 Å². The van der Waals surface area contributed by atoms with Gasteiger partial charge in [-0.3, -0.25) is 0 Å². The van der Waals surface area contributed by atoms with Gasteiger partial charge in [-0.2, -0.15) is 0 Å². The molecule has 0 aromatic rings. The summed E-state index contributed by atoms with van der Waals surface area (Å²) in [7, 11) is 0. The zero-order chi connectivity index (χ0) is 7.61. The highest BCUT2D eigenvalue weighted by molar-refractivity contribution is 9.10. The second-order valence-electron chi connectivity index (χ2n) is 3.16. The monoisotopic (exact) mass is 224 g/mol. The van der Waals surface area contributed by atoms with Gasteiger partial charge >= 0.3 is 0 Å². The van der Waals surface area contributed by atoms with Crippen LogP contribution in [0.15, 0.2) is 0 Å². The molecule has 0 spiro atoms. The minimum absolute atomic E-state index is 0.000736. The van der Waals surface area contributed by atoms with Crippen LogP contribution in [0.1, 0.15) is 39.0 Å². The molecule has 0 saturated heterocycles. The summed E-state index contributed by atoms with van der Waals surface area (Å²) < 4.78 is 0.000736. The Morgan fingerprint density at radius 1 is 1.60 bits per heavy atom. The third-order valence-corrected chi connectivity index (χ3v) is 3.55. The molecule has 2 atom stereocenters. The van der Waals surface area contributed by atoms with Crippen molar-refractivity contribution in [2.24, 2.45) is 5.92 Å². The molecule has 2 heteroatoms. The van der Waals surface area contributed by atoms with Gasteiger partial charge in [0, 0.05) is 0 Å². The Morgan fingerprint density at radius 2 is 2.20 bits per heavy atom. The van der Waals surface area contributed by atoms with Crippen LogP contribution in [0, 0.1) is 5.92 Å². The van der Waals surface area contributed by atoms with E-state index in [2.05, 4.69) is 22.9 Å². The highest BCUT2D eigenvalue weighted by Crippen LogP contribution is 2.56. The summed E-state index contributed by atoms with van der Waals surface area (Å²) in [6.07, 6.45) is 6.49. The fourth-order valence-corrected chi connectivity index (χ4v) is 2.14. The fraction of sp³-hybridized carbons (Fsp3) is 1.00.